The molecule has 3 N–H and O–H groups in total. The summed E-state index contributed by atoms with van der Waals surface area (Å²) in [5, 5.41) is 8.80. The molecule has 6 heteroatoms. The molecule has 0 aromatic carbocycles. The van der Waals surface area contributed by atoms with Crippen molar-refractivity contribution in [1.29, 1.82) is 5.41 Å². The van der Waals surface area contributed by atoms with Gasteiger partial charge < -0.3 is 15.5 Å². The molecule has 2 heterocycles. The highest BCUT2D eigenvalue weighted by atomic mass is 32.1. The molecule has 1 fully saturated rings. The average molecular weight is 309 g/mol. The van der Waals surface area contributed by atoms with Gasteiger partial charge in [0.05, 0.1) is 15.6 Å². The standard InChI is InChI=1S/C15H27N5S/c1-4-19-7-9-20(10-8-19)6-5-12-18-13(11(2)3)14(21-12)15(16)17/h11H,4-10H2,1-3H3,(H3,16,17). The highest BCUT2D eigenvalue weighted by Gasteiger charge is 2.18. The van der Waals surface area contributed by atoms with E-state index < -0.39 is 0 Å². The Bertz CT molecular complexity index is 474. The fourth-order valence-corrected chi connectivity index (χ4v) is 3.72. The number of nitrogens with two attached hydrogens (primary N) is 1. The lowest BCUT2D eigenvalue weighted by Gasteiger charge is -2.33. The van der Waals surface area contributed by atoms with Gasteiger partial charge in [0.2, 0.25) is 0 Å². The lowest BCUT2D eigenvalue weighted by atomic mass is 10.1. The molecule has 0 atom stereocenters. The van der Waals surface area contributed by atoms with E-state index in [1.807, 2.05) is 0 Å². The lowest BCUT2D eigenvalue weighted by molar-refractivity contribution is 0.138. The Kier molecular flexibility index (Phi) is 5.72. The molecule has 5 nitrogen and oxygen atoms in total. The first-order valence-corrected chi connectivity index (χ1v) is 8.61. The van der Waals surface area contributed by atoms with Crippen LogP contribution in [0.2, 0.25) is 0 Å². The van der Waals surface area contributed by atoms with E-state index >= 15 is 0 Å². The molecule has 1 aliphatic heterocycles. The van der Waals surface area contributed by atoms with Gasteiger partial charge in [-0.15, -0.1) is 11.3 Å². The van der Waals surface area contributed by atoms with Crippen LogP contribution in [-0.2, 0) is 6.42 Å². The Labute approximate surface area is 131 Å². The van der Waals surface area contributed by atoms with E-state index in [1.165, 1.54) is 13.1 Å². The third-order valence-electron chi connectivity index (χ3n) is 4.04. The van der Waals surface area contributed by atoms with Crippen molar-refractivity contribution >= 4 is 17.2 Å². The molecule has 2 rings (SSSR count). The van der Waals surface area contributed by atoms with Crippen LogP contribution in [0.5, 0.6) is 0 Å². The number of thiazole rings is 1. The van der Waals surface area contributed by atoms with Crippen molar-refractivity contribution in [1.82, 2.24) is 14.8 Å². The van der Waals surface area contributed by atoms with Crippen LogP contribution in [0.4, 0.5) is 0 Å². The number of nitrogens with one attached hydrogen (secondary N) is 1. The molecule has 1 saturated heterocycles. The van der Waals surface area contributed by atoms with Crippen LogP contribution in [0.25, 0.3) is 0 Å². The molecule has 1 aromatic rings. The van der Waals surface area contributed by atoms with Crippen molar-refractivity contribution in [3.05, 3.63) is 15.6 Å². The van der Waals surface area contributed by atoms with E-state index in [0.717, 1.165) is 48.2 Å². The van der Waals surface area contributed by atoms with Crippen molar-refractivity contribution < 1.29 is 0 Å². The zero-order valence-corrected chi connectivity index (χ0v) is 14.2. The number of aromatic nitrogens is 1. The SMILES string of the molecule is CCN1CCN(CCc2nc(C(C)C)c(C(=N)N)s2)CC1. The molecule has 21 heavy (non-hydrogen) atoms. The third kappa shape index (κ3) is 4.25. The molecule has 0 spiro atoms. The fraction of sp³-hybridized carbons (Fsp3) is 0.733. The first kappa shape index (κ1) is 16.4. The zero-order valence-electron chi connectivity index (χ0n) is 13.4. The summed E-state index contributed by atoms with van der Waals surface area (Å²) in [7, 11) is 0. The van der Waals surface area contributed by atoms with Crippen molar-refractivity contribution in [2.45, 2.75) is 33.1 Å². The number of likely N-dealkylation sites (N-methyl/N-ethyl adjacent to an activating group) is 1. The molecule has 0 saturated carbocycles. The lowest BCUT2D eigenvalue weighted by Crippen LogP contribution is -2.46. The van der Waals surface area contributed by atoms with E-state index in [4.69, 9.17) is 16.1 Å². The van der Waals surface area contributed by atoms with Gasteiger partial charge in [-0.2, -0.15) is 0 Å². The summed E-state index contributed by atoms with van der Waals surface area (Å²) in [6, 6.07) is 0. The highest BCUT2D eigenvalue weighted by molar-refractivity contribution is 7.13. The van der Waals surface area contributed by atoms with E-state index in [-0.39, 0.29) is 5.84 Å². The van der Waals surface area contributed by atoms with Crippen LogP contribution in [-0.4, -0.2) is 59.9 Å². The molecular weight excluding hydrogens is 282 g/mol. The van der Waals surface area contributed by atoms with Gasteiger partial charge in [0, 0.05) is 39.1 Å². The number of piperazine rings is 1. The number of hydrogen-bond donors (Lipinski definition) is 2. The van der Waals surface area contributed by atoms with Crippen LogP contribution in [0.15, 0.2) is 0 Å². The van der Waals surface area contributed by atoms with Gasteiger partial charge in [0.1, 0.15) is 5.84 Å². The first-order chi connectivity index (χ1) is 10.0. The number of amidine groups is 1. The van der Waals surface area contributed by atoms with Crippen LogP contribution in [0, 0.1) is 5.41 Å². The van der Waals surface area contributed by atoms with Gasteiger partial charge in [-0.25, -0.2) is 4.98 Å². The van der Waals surface area contributed by atoms with Crippen LogP contribution in [0.3, 0.4) is 0 Å². The van der Waals surface area contributed by atoms with Crippen LogP contribution >= 0.6 is 11.3 Å². The average Bonchev–Trinajstić information content (AvgIpc) is 2.90. The number of nitrogens with zero attached hydrogens (tertiary/aromatic N) is 3. The summed E-state index contributed by atoms with van der Waals surface area (Å²) in [6.07, 6.45) is 0.962. The van der Waals surface area contributed by atoms with Crippen LogP contribution < -0.4 is 5.73 Å². The van der Waals surface area contributed by atoms with Crippen LogP contribution in [0.1, 0.15) is 42.3 Å². The Hall–Kier alpha value is -0.980. The van der Waals surface area contributed by atoms with E-state index in [9.17, 15) is 0 Å². The monoisotopic (exact) mass is 309 g/mol. The third-order valence-corrected chi connectivity index (χ3v) is 5.21. The second-order valence-corrected chi connectivity index (χ2v) is 7.00. The predicted molar refractivity (Wildman–Crippen MR) is 89.5 cm³/mol. The Morgan fingerprint density at radius 2 is 1.90 bits per heavy atom. The summed E-state index contributed by atoms with van der Waals surface area (Å²) < 4.78 is 0. The number of nitrogen functional groups attached to an aromatic ring is 1. The molecular formula is C15H27N5S. The smallest absolute Gasteiger partial charge is 0.135 e. The summed E-state index contributed by atoms with van der Waals surface area (Å²) >= 11 is 1.59. The van der Waals surface area contributed by atoms with Crippen molar-refractivity contribution in [3.8, 4) is 0 Å². The topological polar surface area (TPSA) is 69.2 Å². The van der Waals surface area contributed by atoms with Gasteiger partial charge >= 0.3 is 0 Å². The van der Waals surface area contributed by atoms with Crippen molar-refractivity contribution in [3.63, 3.8) is 0 Å². The Balaban J connectivity index is 1.92. The molecule has 0 unspecified atom stereocenters. The largest absolute Gasteiger partial charge is 0.383 e. The van der Waals surface area contributed by atoms with E-state index in [1.54, 1.807) is 11.3 Å². The molecule has 1 aromatic heterocycles. The molecule has 118 valence electrons. The maximum absolute atomic E-state index is 7.69. The first-order valence-electron chi connectivity index (χ1n) is 7.80. The molecule has 1 aliphatic rings. The maximum Gasteiger partial charge on any atom is 0.135 e. The second kappa shape index (κ2) is 7.33. The van der Waals surface area contributed by atoms with Gasteiger partial charge in [0.15, 0.2) is 0 Å². The number of rotatable bonds is 6. The Morgan fingerprint density at radius 3 is 2.38 bits per heavy atom. The molecule has 0 amide bonds. The minimum Gasteiger partial charge on any atom is -0.383 e. The minimum absolute atomic E-state index is 0.152. The molecule has 0 aliphatic carbocycles. The van der Waals surface area contributed by atoms with Gasteiger partial charge in [-0.3, -0.25) is 5.41 Å². The predicted octanol–water partition coefficient (Wildman–Crippen LogP) is 1.73. The minimum atomic E-state index is 0.152. The Morgan fingerprint density at radius 1 is 1.29 bits per heavy atom. The van der Waals surface area contributed by atoms with Gasteiger partial charge in [-0.1, -0.05) is 20.8 Å². The summed E-state index contributed by atoms with van der Waals surface area (Å²) in [5.41, 5.74) is 6.66. The second-order valence-electron chi connectivity index (χ2n) is 5.92. The van der Waals surface area contributed by atoms with Gasteiger partial charge in [-0.05, 0) is 12.5 Å². The zero-order chi connectivity index (χ0) is 15.4. The summed E-state index contributed by atoms with van der Waals surface area (Å²) in [5.74, 6) is 0.473. The quantitative estimate of drug-likeness (QED) is 0.620. The molecule has 0 bridgehead atoms. The van der Waals surface area contributed by atoms with E-state index in [2.05, 4.69) is 30.6 Å². The highest BCUT2D eigenvalue weighted by Crippen LogP contribution is 2.25. The van der Waals surface area contributed by atoms with Crippen molar-refractivity contribution in [2.24, 2.45) is 5.73 Å². The number of hydrogen-bond acceptors (Lipinski definition) is 5. The maximum atomic E-state index is 7.69. The summed E-state index contributed by atoms with van der Waals surface area (Å²) in [6.45, 7) is 13.3. The summed E-state index contributed by atoms with van der Waals surface area (Å²) in [4.78, 5) is 10.6. The van der Waals surface area contributed by atoms with E-state index in [0.29, 0.717) is 5.92 Å². The fourth-order valence-electron chi connectivity index (χ4n) is 2.65. The molecule has 0 radical (unpaired) electrons. The van der Waals surface area contributed by atoms with Crippen molar-refractivity contribution in [2.75, 3.05) is 39.3 Å². The normalized spacial score (nSPS) is 17.5. The van der Waals surface area contributed by atoms with Gasteiger partial charge in [0.25, 0.3) is 0 Å².